The highest BCUT2D eigenvalue weighted by atomic mass is 16.3. The fourth-order valence-corrected chi connectivity index (χ4v) is 5.69. The van der Waals surface area contributed by atoms with Crippen molar-refractivity contribution in [3.05, 3.63) is 24.3 Å². The summed E-state index contributed by atoms with van der Waals surface area (Å²) in [6.07, 6.45) is 47.6. The summed E-state index contributed by atoms with van der Waals surface area (Å²) in [5.74, 6) is 0. The number of aliphatic hydroxyl groups excluding tert-OH is 1. The summed E-state index contributed by atoms with van der Waals surface area (Å²) in [7, 11) is 0. The van der Waals surface area contributed by atoms with Gasteiger partial charge in [0.15, 0.2) is 0 Å². The molecule has 0 aliphatic carbocycles. The first-order valence-corrected chi connectivity index (χ1v) is 18.3. The van der Waals surface area contributed by atoms with E-state index in [0.29, 0.717) is 0 Å². The molecule has 0 saturated carbocycles. The number of unbranched alkanes of at least 4 members (excludes halogenated alkanes) is 24. The van der Waals surface area contributed by atoms with E-state index in [4.69, 9.17) is 0 Å². The van der Waals surface area contributed by atoms with Crippen molar-refractivity contribution in [1.29, 1.82) is 0 Å². The molecule has 0 radical (unpaired) electrons. The van der Waals surface area contributed by atoms with Crippen LogP contribution in [0.1, 0.15) is 206 Å². The van der Waals surface area contributed by atoms with E-state index in [-0.39, 0.29) is 6.61 Å². The predicted molar refractivity (Wildman–Crippen MR) is 180 cm³/mol. The van der Waals surface area contributed by atoms with Gasteiger partial charge in [0.2, 0.25) is 0 Å². The van der Waals surface area contributed by atoms with E-state index in [1.54, 1.807) is 0 Å². The van der Waals surface area contributed by atoms with Gasteiger partial charge in [-0.2, -0.15) is 0 Å². The van der Waals surface area contributed by atoms with Crippen molar-refractivity contribution in [2.45, 2.75) is 212 Å². The van der Waals surface area contributed by atoms with Gasteiger partial charge in [-0.05, 0) is 64.2 Å². The maximum Gasteiger partial charge on any atom is 0.0877 e. The van der Waals surface area contributed by atoms with Gasteiger partial charge in [0.25, 0.3) is 0 Å². The van der Waals surface area contributed by atoms with Crippen LogP contribution >= 0.6 is 0 Å². The fraction of sp³-hybridized carbons (Fsp3) is 0.895. The molecule has 0 aliphatic rings. The Hall–Kier alpha value is -0.600. The highest BCUT2D eigenvalue weighted by molar-refractivity contribution is 4.82. The van der Waals surface area contributed by atoms with Crippen molar-refractivity contribution in [3.63, 3.8) is 0 Å². The van der Waals surface area contributed by atoms with Crippen LogP contribution in [0.3, 0.4) is 0 Å². The third-order valence-electron chi connectivity index (χ3n) is 8.60. The lowest BCUT2D eigenvalue weighted by Gasteiger charge is -2.26. The molecule has 0 fully saturated rings. The van der Waals surface area contributed by atoms with Gasteiger partial charge in [0, 0.05) is 0 Å². The van der Waals surface area contributed by atoms with Gasteiger partial charge in [0.1, 0.15) is 0 Å². The molecule has 0 rings (SSSR count). The number of aliphatic hydroxyl groups is 2. The Bertz CT molecular complexity index is 482. The summed E-state index contributed by atoms with van der Waals surface area (Å²) in [5, 5.41) is 20.6. The molecule has 0 heterocycles. The van der Waals surface area contributed by atoms with Crippen molar-refractivity contribution in [2.75, 3.05) is 6.61 Å². The molecule has 2 nitrogen and oxygen atoms in total. The molecule has 0 saturated heterocycles. The molecule has 0 aliphatic heterocycles. The van der Waals surface area contributed by atoms with Gasteiger partial charge in [-0.25, -0.2) is 0 Å². The second-order valence-electron chi connectivity index (χ2n) is 12.8. The summed E-state index contributed by atoms with van der Waals surface area (Å²) in [6.45, 7) is 4.48. The van der Waals surface area contributed by atoms with Crippen LogP contribution in [-0.4, -0.2) is 22.4 Å². The molecule has 0 bridgehead atoms. The third-order valence-corrected chi connectivity index (χ3v) is 8.60. The van der Waals surface area contributed by atoms with E-state index in [0.717, 1.165) is 25.7 Å². The van der Waals surface area contributed by atoms with Gasteiger partial charge in [-0.1, -0.05) is 167 Å². The fourth-order valence-electron chi connectivity index (χ4n) is 5.69. The summed E-state index contributed by atoms with van der Waals surface area (Å²) in [5.41, 5.74) is -0.846. The van der Waals surface area contributed by atoms with Crippen LogP contribution in [0.2, 0.25) is 0 Å². The molecule has 0 aromatic rings. The molecule has 0 spiro atoms. The summed E-state index contributed by atoms with van der Waals surface area (Å²) >= 11 is 0. The molecule has 0 atom stereocenters. The van der Waals surface area contributed by atoms with Crippen molar-refractivity contribution in [1.82, 2.24) is 0 Å². The van der Waals surface area contributed by atoms with Crippen molar-refractivity contribution < 1.29 is 10.2 Å². The van der Waals surface area contributed by atoms with E-state index in [2.05, 4.69) is 38.2 Å². The van der Waals surface area contributed by atoms with E-state index in [1.807, 2.05) is 0 Å². The van der Waals surface area contributed by atoms with E-state index in [9.17, 15) is 10.2 Å². The number of rotatable bonds is 33. The first-order chi connectivity index (χ1) is 19.7. The largest absolute Gasteiger partial charge is 0.393 e. The Balaban J connectivity index is 3.48. The first-order valence-electron chi connectivity index (χ1n) is 18.3. The Labute approximate surface area is 252 Å². The van der Waals surface area contributed by atoms with Gasteiger partial charge in [0.05, 0.1) is 12.2 Å². The SMILES string of the molecule is CCCCCCCCC=CCCCCCCCCC(O)(CO)CCCCCCCCC=CCCCCCCCC. The van der Waals surface area contributed by atoms with Gasteiger partial charge < -0.3 is 10.2 Å². The van der Waals surface area contributed by atoms with Crippen LogP contribution in [0.25, 0.3) is 0 Å². The zero-order valence-electron chi connectivity index (χ0n) is 27.6. The Morgan fingerprint density at radius 3 is 0.900 bits per heavy atom. The summed E-state index contributed by atoms with van der Waals surface area (Å²) in [4.78, 5) is 0. The van der Waals surface area contributed by atoms with Crippen LogP contribution < -0.4 is 0 Å². The Morgan fingerprint density at radius 2 is 0.625 bits per heavy atom. The second kappa shape index (κ2) is 32.9. The van der Waals surface area contributed by atoms with E-state index in [1.165, 1.54) is 167 Å². The molecular weight excluding hydrogens is 488 g/mol. The average Bonchev–Trinajstić information content (AvgIpc) is 2.96. The maximum absolute atomic E-state index is 10.8. The molecule has 0 amide bonds. The molecule has 238 valence electrons. The highest BCUT2D eigenvalue weighted by Crippen LogP contribution is 2.23. The molecule has 0 aromatic heterocycles. The van der Waals surface area contributed by atoms with E-state index < -0.39 is 5.60 Å². The van der Waals surface area contributed by atoms with Crippen LogP contribution in [0.5, 0.6) is 0 Å². The van der Waals surface area contributed by atoms with Gasteiger partial charge in [-0.3, -0.25) is 0 Å². The minimum atomic E-state index is -0.846. The van der Waals surface area contributed by atoms with Crippen LogP contribution in [-0.2, 0) is 0 Å². The Morgan fingerprint density at radius 1 is 0.375 bits per heavy atom. The first kappa shape index (κ1) is 39.4. The smallest absolute Gasteiger partial charge is 0.0877 e. The zero-order valence-corrected chi connectivity index (χ0v) is 27.6. The van der Waals surface area contributed by atoms with E-state index >= 15 is 0 Å². The van der Waals surface area contributed by atoms with Crippen molar-refractivity contribution in [2.24, 2.45) is 0 Å². The normalized spacial score (nSPS) is 13.6. The van der Waals surface area contributed by atoms with Crippen LogP contribution in [0, 0.1) is 0 Å². The predicted octanol–water partition coefficient (Wildman–Crippen LogP) is 12.6. The summed E-state index contributed by atoms with van der Waals surface area (Å²) < 4.78 is 0. The molecule has 40 heavy (non-hydrogen) atoms. The minimum Gasteiger partial charge on any atom is -0.393 e. The van der Waals surface area contributed by atoms with Crippen molar-refractivity contribution >= 4 is 0 Å². The molecule has 2 heteroatoms. The van der Waals surface area contributed by atoms with Crippen molar-refractivity contribution in [3.8, 4) is 0 Å². The number of allylic oxidation sites excluding steroid dienone is 4. The van der Waals surface area contributed by atoms with Gasteiger partial charge in [-0.15, -0.1) is 0 Å². The third kappa shape index (κ3) is 30.4. The summed E-state index contributed by atoms with van der Waals surface area (Å²) in [6, 6.07) is 0. The lowest BCUT2D eigenvalue weighted by molar-refractivity contribution is -0.0314. The van der Waals surface area contributed by atoms with Crippen LogP contribution in [0.15, 0.2) is 24.3 Å². The average molecular weight is 563 g/mol. The minimum absolute atomic E-state index is 0.0802. The molecule has 0 aromatic carbocycles. The number of hydrogen-bond acceptors (Lipinski definition) is 2. The highest BCUT2D eigenvalue weighted by Gasteiger charge is 2.24. The lowest BCUT2D eigenvalue weighted by Crippen LogP contribution is -2.33. The second-order valence-corrected chi connectivity index (χ2v) is 12.8. The number of hydrogen-bond donors (Lipinski definition) is 2. The zero-order chi connectivity index (χ0) is 29.2. The molecule has 2 N–H and O–H groups in total. The topological polar surface area (TPSA) is 40.5 Å². The van der Waals surface area contributed by atoms with Crippen LogP contribution in [0.4, 0.5) is 0 Å². The quantitative estimate of drug-likeness (QED) is 0.0616. The Kier molecular flexibility index (Phi) is 32.4. The molecule has 0 unspecified atom stereocenters. The lowest BCUT2D eigenvalue weighted by atomic mass is 9.90. The monoisotopic (exact) mass is 563 g/mol. The molecular formula is C38H74O2. The standard InChI is InChI=1S/C38H74O2/c1-3-5-7-9-11-13-15-17-19-21-23-25-27-29-31-33-35-38(40,37-39)36-34-32-30-28-26-24-22-20-18-16-14-12-10-8-6-4-2/h17-20,39-40H,3-16,21-37H2,1-2H3. The maximum atomic E-state index is 10.8. The van der Waals surface area contributed by atoms with Gasteiger partial charge >= 0.3 is 0 Å².